The molecule has 0 aromatic heterocycles. The lowest BCUT2D eigenvalue weighted by atomic mass is 10.2. The molecule has 22 heavy (non-hydrogen) atoms. The topological polar surface area (TPSA) is 38.7 Å². The maximum Gasteiger partial charge on any atom is 0.108 e. The van der Waals surface area contributed by atoms with Crippen LogP contribution in [0.5, 0.6) is 0 Å². The van der Waals surface area contributed by atoms with Gasteiger partial charge in [-0.1, -0.05) is 0 Å². The summed E-state index contributed by atoms with van der Waals surface area (Å²) in [6.07, 6.45) is 8.60. The van der Waals surface area contributed by atoms with Gasteiger partial charge in [-0.05, 0) is 37.1 Å². The van der Waals surface area contributed by atoms with Crippen LogP contribution in [0.25, 0.3) is 0 Å². The smallest absolute Gasteiger partial charge is 0.108 e. The Labute approximate surface area is 133 Å². The molecule has 1 heterocycles. The van der Waals surface area contributed by atoms with Crippen molar-refractivity contribution in [1.29, 1.82) is 0 Å². The summed E-state index contributed by atoms with van der Waals surface area (Å²) in [4.78, 5) is 4.53. The second-order valence-corrected chi connectivity index (χ2v) is 5.65. The van der Waals surface area contributed by atoms with Gasteiger partial charge in [0.15, 0.2) is 0 Å². The molecule has 1 aliphatic rings. The number of rotatable bonds is 7. The van der Waals surface area contributed by atoms with E-state index in [-0.39, 0.29) is 0 Å². The molecular weight excluding hydrogens is 274 g/mol. The van der Waals surface area contributed by atoms with Crippen molar-refractivity contribution in [2.75, 3.05) is 50.7 Å². The Morgan fingerprint density at radius 1 is 1.18 bits per heavy atom. The third kappa shape index (κ3) is 4.77. The van der Waals surface area contributed by atoms with Gasteiger partial charge >= 0.3 is 0 Å². The summed E-state index contributed by atoms with van der Waals surface area (Å²) in [5, 5.41) is 8.41. The van der Waals surface area contributed by atoms with Gasteiger partial charge in [0.1, 0.15) is 6.20 Å². The van der Waals surface area contributed by atoms with E-state index in [0.29, 0.717) is 0 Å². The molecule has 5 nitrogen and oxygen atoms in total. The summed E-state index contributed by atoms with van der Waals surface area (Å²) in [6, 6.07) is 8.67. The molecule has 0 bridgehead atoms. The van der Waals surface area contributed by atoms with Gasteiger partial charge in [0.25, 0.3) is 0 Å². The van der Waals surface area contributed by atoms with Crippen molar-refractivity contribution in [1.82, 2.24) is 4.90 Å². The van der Waals surface area contributed by atoms with E-state index in [2.05, 4.69) is 39.2 Å². The Balaban J connectivity index is 1.86. The van der Waals surface area contributed by atoms with E-state index in [9.17, 15) is 0 Å². The fourth-order valence-corrected chi connectivity index (χ4v) is 2.50. The van der Waals surface area contributed by atoms with Crippen LogP contribution in [0.1, 0.15) is 12.8 Å². The van der Waals surface area contributed by atoms with Gasteiger partial charge in [0.2, 0.25) is 0 Å². The summed E-state index contributed by atoms with van der Waals surface area (Å²) in [5.41, 5.74) is 2.43. The highest BCUT2D eigenvalue weighted by Gasteiger charge is 2.12. The average molecular weight is 302 g/mol. The van der Waals surface area contributed by atoms with Gasteiger partial charge in [-0.25, -0.2) is 0 Å². The maximum absolute atomic E-state index is 4.48. The number of hydrogen-bond acceptors (Lipinski definition) is 4. The van der Waals surface area contributed by atoms with Crippen molar-refractivity contribution >= 4 is 17.6 Å². The first-order valence-electron chi connectivity index (χ1n) is 7.98. The zero-order valence-corrected chi connectivity index (χ0v) is 13.9. The van der Waals surface area contributed by atoms with Crippen LogP contribution in [0.15, 0.2) is 41.8 Å². The minimum absolute atomic E-state index is 0.792. The zero-order valence-electron chi connectivity index (χ0n) is 13.9. The Hall–Kier alpha value is -2.01. The lowest BCUT2D eigenvalue weighted by Gasteiger charge is -2.19. The number of hydrogen-bond donors (Lipinski definition) is 1. The molecule has 0 atom stereocenters. The monoisotopic (exact) mass is 302 g/mol. The number of hydrazone groups is 1. The Bertz CT molecular complexity index is 488. The number of nitrogens with zero attached hydrogens (tertiary/aromatic N) is 4. The van der Waals surface area contributed by atoms with Gasteiger partial charge in [-0.15, -0.1) is 0 Å². The van der Waals surface area contributed by atoms with Crippen molar-refractivity contribution in [3.8, 4) is 0 Å². The molecule has 0 unspecified atom stereocenters. The van der Waals surface area contributed by atoms with Crippen molar-refractivity contribution < 1.29 is 5.32 Å². The van der Waals surface area contributed by atoms with E-state index < -0.39 is 0 Å². The van der Waals surface area contributed by atoms with Gasteiger partial charge < -0.3 is 15.1 Å². The van der Waals surface area contributed by atoms with E-state index in [1.165, 1.54) is 31.6 Å². The minimum atomic E-state index is 0.792. The van der Waals surface area contributed by atoms with E-state index >= 15 is 0 Å². The SMILES string of the molecule is C[NH2+]/C=C\N(C)C/C=N/N(C)c1ccc(N2CCCC2)cc1. The number of benzene rings is 1. The van der Waals surface area contributed by atoms with Gasteiger partial charge in [0, 0.05) is 39.1 Å². The van der Waals surface area contributed by atoms with E-state index in [4.69, 9.17) is 0 Å². The van der Waals surface area contributed by atoms with E-state index in [1.54, 1.807) is 0 Å². The molecule has 120 valence electrons. The fourth-order valence-electron chi connectivity index (χ4n) is 2.50. The van der Waals surface area contributed by atoms with Crippen LogP contribution in [0.3, 0.4) is 0 Å². The third-order valence-corrected chi connectivity index (χ3v) is 3.85. The first-order chi connectivity index (χ1) is 10.7. The van der Waals surface area contributed by atoms with Crippen LogP contribution in [0.2, 0.25) is 0 Å². The average Bonchev–Trinajstić information content (AvgIpc) is 3.07. The highest BCUT2D eigenvalue weighted by atomic mass is 15.4. The van der Waals surface area contributed by atoms with Crippen LogP contribution in [0.4, 0.5) is 11.4 Å². The van der Waals surface area contributed by atoms with Gasteiger partial charge in [-0.3, -0.25) is 5.01 Å². The molecule has 0 aliphatic carbocycles. The molecule has 5 heteroatoms. The Morgan fingerprint density at radius 3 is 2.50 bits per heavy atom. The molecule has 2 rings (SSSR count). The standard InChI is InChI=1S/C17H27N5/c1-18-10-14-20(2)15-11-19-21(3)16-6-8-17(9-7-16)22-12-4-5-13-22/h6-11,14,18H,4-5,12-13,15H2,1-3H3/p+1/b14-10-,19-11+. The molecule has 1 aliphatic heterocycles. The first-order valence-corrected chi connectivity index (χ1v) is 7.98. The third-order valence-electron chi connectivity index (χ3n) is 3.85. The predicted molar refractivity (Wildman–Crippen MR) is 94.4 cm³/mol. The molecule has 1 aromatic carbocycles. The van der Waals surface area contributed by atoms with Crippen LogP contribution in [-0.2, 0) is 0 Å². The van der Waals surface area contributed by atoms with E-state index in [1.807, 2.05) is 50.1 Å². The van der Waals surface area contributed by atoms with E-state index in [0.717, 1.165) is 12.2 Å². The molecule has 2 N–H and O–H groups in total. The molecule has 0 saturated carbocycles. The van der Waals surface area contributed by atoms with Crippen LogP contribution in [0, 0.1) is 0 Å². The second kappa shape index (κ2) is 8.44. The van der Waals surface area contributed by atoms with Crippen molar-refractivity contribution in [3.05, 3.63) is 36.7 Å². The molecule has 0 amide bonds. The summed E-state index contributed by atoms with van der Waals surface area (Å²) < 4.78 is 0. The van der Waals surface area contributed by atoms with Gasteiger partial charge in [0.05, 0.1) is 25.5 Å². The Morgan fingerprint density at radius 2 is 1.86 bits per heavy atom. The second-order valence-electron chi connectivity index (χ2n) is 5.65. The van der Waals surface area contributed by atoms with Crippen molar-refractivity contribution in [2.24, 2.45) is 5.10 Å². The largest absolute Gasteiger partial charge is 0.372 e. The normalized spacial score (nSPS) is 15.1. The fraction of sp³-hybridized carbons (Fsp3) is 0.471. The lowest BCUT2D eigenvalue weighted by Crippen LogP contribution is -2.72. The summed E-state index contributed by atoms with van der Waals surface area (Å²) >= 11 is 0. The molecular formula is C17H28N5+. The molecule has 0 radical (unpaired) electrons. The quantitative estimate of drug-likeness (QED) is 0.609. The van der Waals surface area contributed by atoms with Crippen molar-refractivity contribution in [2.45, 2.75) is 12.8 Å². The first kappa shape index (κ1) is 16.4. The predicted octanol–water partition coefficient (Wildman–Crippen LogP) is 1.31. The van der Waals surface area contributed by atoms with Crippen LogP contribution in [-0.4, -0.2) is 51.9 Å². The maximum atomic E-state index is 4.48. The number of anilines is 2. The summed E-state index contributed by atoms with van der Waals surface area (Å²) in [5.74, 6) is 0. The van der Waals surface area contributed by atoms with Crippen LogP contribution < -0.4 is 15.2 Å². The highest BCUT2D eigenvalue weighted by Crippen LogP contribution is 2.23. The molecule has 1 aromatic rings. The lowest BCUT2D eigenvalue weighted by molar-refractivity contribution is -0.557. The molecule has 1 saturated heterocycles. The zero-order chi connectivity index (χ0) is 15.8. The van der Waals surface area contributed by atoms with Crippen LogP contribution >= 0.6 is 0 Å². The molecule has 0 spiro atoms. The highest BCUT2D eigenvalue weighted by molar-refractivity contribution is 5.63. The van der Waals surface area contributed by atoms with Gasteiger partial charge in [-0.2, -0.15) is 5.10 Å². The number of quaternary nitrogens is 1. The minimum Gasteiger partial charge on any atom is -0.372 e. The molecule has 1 fully saturated rings. The Kier molecular flexibility index (Phi) is 6.27. The number of nitrogens with two attached hydrogens (primary N) is 1. The summed E-state index contributed by atoms with van der Waals surface area (Å²) in [6.45, 7) is 3.16. The van der Waals surface area contributed by atoms with Crippen molar-refractivity contribution in [3.63, 3.8) is 0 Å². The summed E-state index contributed by atoms with van der Waals surface area (Å²) in [7, 11) is 6.03.